The summed E-state index contributed by atoms with van der Waals surface area (Å²) in [6.45, 7) is 0. The van der Waals surface area contributed by atoms with Crippen molar-refractivity contribution in [1.82, 2.24) is 0 Å². The summed E-state index contributed by atoms with van der Waals surface area (Å²) in [5.41, 5.74) is 0.939. The molecule has 1 rings (SSSR count). The first-order valence-electron chi connectivity index (χ1n) is 3.25. The van der Waals surface area contributed by atoms with Crippen molar-refractivity contribution in [3.63, 3.8) is 0 Å². The Hall–Kier alpha value is -0.350. The molecule has 0 radical (unpaired) electrons. The van der Waals surface area contributed by atoms with Gasteiger partial charge >= 0.3 is 0 Å². The summed E-state index contributed by atoms with van der Waals surface area (Å²) in [4.78, 5) is 3.87. The van der Waals surface area contributed by atoms with Crippen LogP contribution in [0.5, 0.6) is 5.75 Å². The third-order valence-corrected chi connectivity index (χ3v) is 2.53. The van der Waals surface area contributed by atoms with Gasteiger partial charge < -0.3 is 5.11 Å². The molecular weight excluding hydrogens is 286 g/mol. The van der Waals surface area contributed by atoms with Crippen LogP contribution in [0.4, 0.5) is 0 Å². The van der Waals surface area contributed by atoms with Crippen LogP contribution in [0.1, 0.15) is 5.56 Å². The van der Waals surface area contributed by atoms with Crippen LogP contribution in [0.25, 0.3) is 0 Å². The fraction of sp³-hybridized carbons (Fsp3) is 0.125. The van der Waals surface area contributed by atoms with Crippen LogP contribution >= 0.6 is 31.9 Å². The van der Waals surface area contributed by atoms with Gasteiger partial charge in [-0.05, 0) is 49.6 Å². The molecule has 1 N–H and O–H groups in total. The Balaban J connectivity index is 3.21. The van der Waals surface area contributed by atoms with Crippen molar-refractivity contribution in [2.75, 3.05) is 7.05 Å². The molecule has 1 aromatic carbocycles. The number of phenolic OH excluding ortho intramolecular Hbond substituents is 1. The zero-order valence-corrected chi connectivity index (χ0v) is 9.55. The Morgan fingerprint density at radius 2 is 1.83 bits per heavy atom. The molecule has 1 aromatic rings. The van der Waals surface area contributed by atoms with Gasteiger partial charge in [-0.15, -0.1) is 0 Å². The maximum Gasteiger partial charge on any atom is 0.143 e. The van der Waals surface area contributed by atoms with Crippen LogP contribution in [0, 0.1) is 0 Å². The smallest absolute Gasteiger partial charge is 0.143 e. The Bertz CT molecular complexity index is 300. The SMILES string of the molecule is CN=Cc1cc(Br)c(O)c(Br)c1. The van der Waals surface area contributed by atoms with E-state index < -0.39 is 0 Å². The second-order valence-corrected chi connectivity index (χ2v) is 3.93. The van der Waals surface area contributed by atoms with Crippen molar-refractivity contribution in [1.29, 1.82) is 0 Å². The van der Waals surface area contributed by atoms with Gasteiger partial charge in [-0.2, -0.15) is 0 Å². The van der Waals surface area contributed by atoms with E-state index in [1.807, 2.05) is 0 Å². The van der Waals surface area contributed by atoms with E-state index in [1.54, 1.807) is 25.4 Å². The molecule has 0 fully saturated rings. The normalized spacial score (nSPS) is 10.9. The summed E-state index contributed by atoms with van der Waals surface area (Å²) in [5, 5.41) is 9.36. The molecule has 0 aromatic heterocycles. The lowest BCUT2D eigenvalue weighted by Crippen LogP contribution is -1.82. The Labute approximate surface area is 87.6 Å². The average molecular weight is 293 g/mol. The molecule has 0 aliphatic carbocycles. The number of hydrogen-bond acceptors (Lipinski definition) is 2. The van der Waals surface area contributed by atoms with E-state index in [0.29, 0.717) is 8.95 Å². The number of aliphatic imine (C=N–C) groups is 1. The van der Waals surface area contributed by atoms with E-state index in [2.05, 4.69) is 36.9 Å². The quantitative estimate of drug-likeness (QED) is 0.793. The number of halogens is 2. The number of aromatic hydroxyl groups is 1. The van der Waals surface area contributed by atoms with Gasteiger partial charge in [0, 0.05) is 13.3 Å². The van der Waals surface area contributed by atoms with Crippen molar-refractivity contribution in [3.05, 3.63) is 26.6 Å². The molecule has 0 amide bonds. The fourth-order valence-electron chi connectivity index (χ4n) is 0.809. The number of hydrogen-bond donors (Lipinski definition) is 1. The highest BCUT2D eigenvalue weighted by Gasteiger charge is 2.03. The Morgan fingerprint density at radius 3 is 2.25 bits per heavy atom. The number of phenols is 1. The molecule has 0 saturated heterocycles. The summed E-state index contributed by atoms with van der Waals surface area (Å²) in [6, 6.07) is 3.60. The molecule has 0 bridgehead atoms. The molecule has 64 valence electrons. The molecule has 2 nitrogen and oxygen atoms in total. The molecule has 12 heavy (non-hydrogen) atoms. The fourth-order valence-corrected chi connectivity index (χ4v) is 2.03. The van der Waals surface area contributed by atoms with Gasteiger partial charge in [-0.3, -0.25) is 4.99 Å². The summed E-state index contributed by atoms with van der Waals surface area (Å²) in [6.07, 6.45) is 1.72. The lowest BCUT2D eigenvalue weighted by molar-refractivity contribution is 0.468. The zero-order chi connectivity index (χ0) is 9.14. The van der Waals surface area contributed by atoms with Crippen LogP contribution in [0.2, 0.25) is 0 Å². The minimum absolute atomic E-state index is 0.211. The van der Waals surface area contributed by atoms with Gasteiger partial charge in [0.25, 0.3) is 0 Å². The largest absolute Gasteiger partial charge is 0.506 e. The summed E-state index contributed by atoms with van der Waals surface area (Å²) in [7, 11) is 1.70. The lowest BCUT2D eigenvalue weighted by Gasteiger charge is -2.01. The second kappa shape index (κ2) is 4.05. The van der Waals surface area contributed by atoms with Crippen LogP contribution in [-0.2, 0) is 0 Å². The number of rotatable bonds is 1. The molecule has 0 atom stereocenters. The van der Waals surface area contributed by atoms with E-state index in [0.717, 1.165) is 5.56 Å². The maximum atomic E-state index is 9.36. The van der Waals surface area contributed by atoms with Crippen molar-refractivity contribution in [3.8, 4) is 5.75 Å². The van der Waals surface area contributed by atoms with E-state index in [1.165, 1.54) is 0 Å². The number of benzene rings is 1. The monoisotopic (exact) mass is 291 g/mol. The van der Waals surface area contributed by atoms with Crippen molar-refractivity contribution in [2.24, 2.45) is 4.99 Å². The predicted molar refractivity (Wildman–Crippen MR) is 57.0 cm³/mol. The number of nitrogens with zero attached hydrogens (tertiary/aromatic N) is 1. The van der Waals surface area contributed by atoms with E-state index in [-0.39, 0.29) is 5.75 Å². The Morgan fingerprint density at radius 1 is 1.33 bits per heavy atom. The third-order valence-electron chi connectivity index (χ3n) is 1.32. The van der Waals surface area contributed by atoms with Crippen molar-refractivity contribution < 1.29 is 5.11 Å². The first-order valence-corrected chi connectivity index (χ1v) is 4.84. The summed E-state index contributed by atoms with van der Waals surface area (Å²) >= 11 is 6.45. The van der Waals surface area contributed by atoms with E-state index in [4.69, 9.17) is 0 Å². The van der Waals surface area contributed by atoms with Crippen LogP contribution < -0.4 is 0 Å². The highest BCUT2D eigenvalue weighted by atomic mass is 79.9. The molecule has 0 saturated carbocycles. The topological polar surface area (TPSA) is 32.6 Å². The van der Waals surface area contributed by atoms with Gasteiger partial charge in [-0.25, -0.2) is 0 Å². The van der Waals surface area contributed by atoms with Gasteiger partial charge in [0.05, 0.1) is 8.95 Å². The highest BCUT2D eigenvalue weighted by molar-refractivity contribution is 9.11. The van der Waals surface area contributed by atoms with Gasteiger partial charge in [-0.1, -0.05) is 0 Å². The minimum atomic E-state index is 0.211. The van der Waals surface area contributed by atoms with Crippen LogP contribution in [0.3, 0.4) is 0 Å². The van der Waals surface area contributed by atoms with Gasteiger partial charge in [0.2, 0.25) is 0 Å². The molecular formula is C8H7Br2NO. The van der Waals surface area contributed by atoms with E-state index in [9.17, 15) is 5.11 Å². The lowest BCUT2D eigenvalue weighted by atomic mass is 10.2. The zero-order valence-electron chi connectivity index (χ0n) is 6.38. The molecule has 0 aliphatic rings. The summed E-state index contributed by atoms with van der Waals surface area (Å²) in [5.74, 6) is 0.211. The first-order chi connectivity index (χ1) is 5.65. The standard InChI is InChI=1S/C8H7Br2NO/c1-11-4-5-2-6(9)8(12)7(10)3-5/h2-4,12H,1H3. The van der Waals surface area contributed by atoms with Crippen LogP contribution in [0.15, 0.2) is 26.1 Å². The second-order valence-electron chi connectivity index (χ2n) is 2.22. The maximum absolute atomic E-state index is 9.36. The molecule has 0 unspecified atom stereocenters. The minimum Gasteiger partial charge on any atom is -0.506 e. The third kappa shape index (κ3) is 2.08. The molecule has 0 aliphatic heterocycles. The van der Waals surface area contributed by atoms with Gasteiger partial charge in [0.15, 0.2) is 0 Å². The average Bonchev–Trinajstić information content (AvgIpc) is 2.01. The van der Waals surface area contributed by atoms with Crippen molar-refractivity contribution in [2.45, 2.75) is 0 Å². The van der Waals surface area contributed by atoms with Gasteiger partial charge in [0.1, 0.15) is 5.75 Å². The van der Waals surface area contributed by atoms with E-state index >= 15 is 0 Å². The summed E-state index contributed by atoms with van der Waals surface area (Å²) < 4.78 is 1.32. The first kappa shape index (κ1) is 9.74. The van der Waals surface area contributed by atoms with Crippen molar-refractivity contribution >= 4 is 38.1 Å². The van der Waals surface area contributed by atoms with Crippen LogP contribution in [-0.4, -0.2) is 18.4 Å². The predicted octanol–water partition coefficient (Wildman–Crippen LogP) is 2.97. The molecule has 0 spiro atoms. The molecule has 4 heteroatoms. The molecule has 0 heterocycles. The Kier molecular flexibility index (Phi) is 3.29. The highest BCUT2D eigenvalue weighted by Crippen LogP contribution is 2.32.